The van der Waals surface area contributed by atoms with Crippen LogP contribution in [0.2, 0.25) is 0 Å². The van der Waals surface area contributed by atoms with E-state index in [-0.39, 0.29) is 5.69 Å². The van der Waals surface area contributed by atoms with Crippen LogP contribution in [0.3, 0.4) is 0 Å². The molecule has 0 radical (unpaired) electrons. The van der Waals surface area contributed by atoms with Gasteiger partial charge in [0.05, 0.1) is 6.61 Å². The fourth-order valence-electron chi connectivity index (χ4n) is 1.63. The molecule has 94 valence electrons. The smallest absolute Gasteiger partial charge is 0.361 e. The lowest BCUT2D eigenvalue weighted by atomic mass is 10.1. The number of hydrogen-bond donors (Lipinski definition) is 0. The largest absolute Gasteiger partial charge is 0.461 e. The van der Waals surface area contributed by atoms with Crippen molar-refractivity contribution in [2.75, 3.05) is 6.61 Å². The number of aryl methyl sites for hydroxylation is 1. The monoisotopic (exact) mass is 309 g/mol. The predicted molar refractivity (Wildman–Crippen MR) is 70.1 cm³/mol. The highest BCUT2D eigenvalue weighted by molar-refractivity contribution is 9.10. The van der Waals surface area contributed by atoms with E-state index in [0.717, 1.165) is 10.0 Å². The quantitative estimate of drug-likeness (QED) is 0.817. The normalized spacial score (nSPS) is 10.4. The summed E-state index contributed by atoms with van der Waals surface area (Å²) in [4.78, 5) is 11.8. The molecule has 0 aliphatic carbocycles. The van der Waals surface area contributed by atoms with E-state index >= 15 is 0 Å². The summed E-state index contributed by atoms with van der Waals surface area (Å²) in [5, 5.41) is 7.73. The Morgan fingerprint density at radius 2 is 2.06 bits per heavy atom. The molecule has 0 saturated heterocycles. The van der Waals surface area contributed by atoms with E-state index in [1.165, 1.54) is 0 Å². The van der Waals surface area contributed by atoms with E-state index < -0.39 is 5.97 Å². The van der Waals surface area contributed by atoms with Gasteiger partial charge in [0.15, 0.2) is 5.69 Å². The summed E-state index contributed by atoms with van der Waals surface area (Å²) in [6.45, 7) is 2.07. The average molecular weight is 310 g/mol. The third kappa shape index (κ3) is 2.43. The molecule has 1 aromatic carbocycles. The highest BCUT2D eigenvalue weighted by Crippen LogP contribution is 2.24. The van der Waals surface area contributed by atoms with E-state index in [1.54, 1.807) is 18.7 Å². The number of hydrogen-bond acceptors (Lipinski definition) is 4. The summed E-state index contributed by atoms with van der Waals surface area (Å²) >= 11 is 3.37. The number of nitrogens with zero attached hydrogens (tertiary/aromatic N) is 3. The van der Waals surface area contributed by atoms with E-state index in [0.29, 0.717) is 12.3 Å². The molecule has 0 N–H and O–H groups in total. The first-order valence-electron chi connectivity index (χ1n) is 5.46. The van der Waals surface area contributed by atoms with Crippen LogP contribution in [-0.2, 0) is 11.8 Å². The average Bonchev–Trinajstić information content (AvgIpc) is 2.73. The highest BCUT2D eigenvalue weighted by Gasteiger charge is 2.20. The van der Waals surface area contributed by atoms with Gasteiger partial charge in [-0.15, -0.1) is 5.10 Å². The third-order valence-corrected chi connectivity index (χ3v) is 2.94. The van der Waals surface area contributed by atoms with Crippen molar-refractivity contribution >= 4 is 21.9 Å². The second kappa shape index (κ2) is 5.30. The van der Waals surface area contributed by atoms with Crippen LogP contribution in [-0.4, -0.2) is 27.6 Å². The maximum absolute atomic E-state index is 11.8. The van der Waals surface area contributed by atoms with Crippen molar-refractivity contribution in [3.05, 3.63) is 34.4 Å². The van der Waals surface area contributed by atoms with Crippen LogP contribution in [0, 0.1) is 0 Å². The molecule has 0 spiro atoms. The zero-order chi connectivity index (χ0) is 13.1. The molecule has 0 unspecified atom stereocenters. The first-order valence-corrected chi connectivity index (χ1v) is 6.25. The van der Waals surface area contributed by atoms with Gasteiger partial charge < -0.3 is 4.74 Å². The number of halogens is 1. The summed E-state index contributed by atoms with van der Waals surface area (Å²) in [5.41, 5.74) is 1.76. The number of rotatable bonds is 3. The van der Waals surface area contributed by atoms with Gasteiger partial charge in [0.2, 0.25) is 0 Å². The van der Waals surface area contributed by atoms with E-state index in [9.17, 15) is 4.79 Å². The minimum absolute atomic E-state index is 0.238. The summed E-state index contributed by atoms with van der Waals surface area (Å²) in [5.74, 6) is -0.455. The molecule has 0 amide bonds. The SMILES string of the molecule is CCOC(=O)c1nnn(C)c1-c1ccc(Br)cc1. The van der Waals surface area contributed by atoms with Gasteiger partial charge in [-0.2, -0.15) is 0 Å². The molecule has 0 saturated carbocycles. The van der Waals surface area contributed by atoms with Crippen LogP contribution in [0.25, 0.3) is 11.3 Å². The Morgan fingerprint density at radius 3 is 2.67 bits per heavy atom. The van der Waals surface area contributed by atoms with Crippen LogP contribution in [0.15, 0.2) is 28.7 Å². The molecule has 1 aromatic heterocycles. The lowest BCUT2D eigenvalue weighted by molar-refractivity contribution is 0.0520. The maximum Gasteiger partial charge on any atom is 0.361 e. The molecule has 2 aromatic rings. The Kier molecular flexibility index (Phi) is 3.76. The molecule has 0 aliphatic heterocycles. The van der Waals surface area contributed by atoms with Crippen LogP contribution in [0.1, 0.15) is 17.4 Å². The van der Waals surface area contributed by atoms with Crippen LogP contribution < -0.4 is 0 Å². The van der Waals surface area contributed by atoms with Crippen molar-refractivity contribution in [3.8, 4) is 11.3 Å². The zero-order valence-corrected chi connectivity index (χ0v) is 11.6. The van der Waals surface area contributed by atoms with Crippen LogP contribution in [0.4, 0.5) is 0 Å². The van der Waals surface area contributed by atoms with Gasteiger partial charge in [0, 0.05) is 17.1 Å². The molecule has 2 rings (SSSR count). The maximum atomic E-state index is 11.8. The fraction of sp³-hybridized carbons (Fsp3) is 0.250. The Labute approximate surface area is 113 Å². The molecular formula is C12H12BrN3O2. The Bertz CT molecular complexity index is 563. The first kappa shape index (κ1) is 12.8. The minimum Gasteiger partial charge on any atom is -0.461 e. The Hall–Kier alpha value is -1.69. The van der Waals surface area contributed by atoms with Gasteiger partial charge >= 0.3 is 5.97 Å². The van der Waals surface area contributed by atoms with Crippen molar-refractivity contribution in [1.82, 2.24) is 15.0 Å². The molecule has 0 aliphatic rings. The molecule has 18 heavy (non-hydrogen) atoms. The fourth-order valence-corrected chi connectivity index (χ4v) is 1.89. The number of esters is 1. The van der Waals surface area contributed by atoms with Crippen molar-refractivity contribution in [2.24, 2.45) is 7.05 Å². The van der Waals surface area contributed by atoms with Gasteiger partial charge in [-0.1, -0.05) is 33.3 Å². The predicted octanol–water partition coefficient (Wildman–Crippen LogP) is 2.42. The third-order valence-electron chi connectivity index (χ3n) is 2.41. The van der Waals surface area contributed by atoms with E-state index in [2.05, 4.69) is 26.2 Å². The van der Waals surface area contributed by atoms with Gasteiger partial charge in [0.25, 0.3) is 0 Å². The van der Waals surface area contributed by atoms with Gasteiger partial charge in [0.1, 0.15) is 5.69 Å². The lowest BCUT2D eigenvalue weighted by Gasteiger charge is -2.04. The standard InChI is InChI=1S/C12H12BrN3O2/c1-3-18-12(17)10-11(16(2)15-14-10)8-4-6-9(13)7-5-8/h4-7H,3H2,1-2H3. The van der Waals surface area contributed by atoms with E-state index in [4.69, 9.17) is 4.74 Å². The number of ether oxygens (including phenoxy) is 1. The minimum atomic E-state index is -0.455. The second-order valence-corrected chi connectivity index (χ2v) is 4.55. The Morgan fingerprint density at radius 1 is 1.39 bits per heavy atom. The highest BCUT2D eigenvalue weighted by atomic mass is 79.9. The van der Waals surface area contributed by atoms with Crippen molar-refractivity contribution in [3.63, 3.8) is 0 Å². The zero-order valence-electron chi connectivity index (χ0n) is 10.1. The summed E-state index contributed by atoms with van der Waals surface area (Å²) in [6, 6.07) is 7.59. The van der Waals surface area contributed by atoms with Crippen molar-refractivity contribution in [1.29, 1.82) is 0 Å². The topological polar surface area (TPSA) is 57.0 Å². The molecule has 6 heteroatoms. The summed E-state index contributed by atoms with van der Waals surface area (Å²) in [7, 11) is 1.74. The van der Waals surface area contributed by atoms with Gasteiger partial charge in [-0.05, 0) is 19.1 Å². The number of carbonyl (C=O) groups is 1. The first-order chi connectivity index (χ1) is 8.63. The number of aromatic nitrogens is 3. The van der Waals surface area contributed by atoms with Crippen molar-refractivity contribution < 1.29 is 9.53 Å². The molecule has 0 atom stereocenters. The molecule has 1 heterocycles. The summed E-state index contributed by atoms with van der Waals surface area (Å²) < 4.78 is 7.50. The molecule has 0 fully saturated rings. The number of carbonyl (C=O) groups excluding carboxylic acids is 1. The van der Waals surface area contributed by atoms with E-state index in [1.807, 2.05) is 24.3 Å². The van der Waals surface area contributed by atoms with Crippen LogP contribution in [0.5, 0.6) is 0 Å². The van der Waals surface area contributed by atoms with Gasteiger partial charge in [-0.3, -0.25) is 0 Å². The lowest BCUT2D eigenvalue weighted by Crippen LogP contribution is -2.07. The number of benzene rings is 1. The molecule has 5 nitrogen and oxygen atoms in total. The second-order valence-electron chi connectivity index (χ2n) is 3.64. The molecular weight excluding hydrogens is 298 g/mol. The Balaban J connectivity index is 2.46. The van der Waals surface area contributed by atoms with Crippen LogP contribution >= 0.6 is 15.9 Å². The molecule has 0 bridgehead atoms. The summed E-state index contributed by atoms with van der Waals surface area (Å²) in [6.07, 6.45) is 0. The van der Waals surface area contributed by atoms with Gasteiger partial charge in [-0.25, -0.2) is 9.48 Å². The van der Waals surface area contributed by atoms with Crippen molar-refractivity contribution in [2.45, 2.75) is 6.92 Å².